The van der Waals surface area contributed by atoms with E-state index >= 15 is 0 Å². The van der Waals surface area contributed by atoms with Gasteiger partial charge in [0.1, 0.15) is 6.10 Å². The van der Waals surface area contributed by atoms with Crippen LogP contribution >= 0.6 is 0 Å². The van der Waals surface area contributed by atoms with E-state index in [-0.39, 0.29) is 17.6 Å². The highest BCUT2D eigenvalue weighted by Crippen LogP contribution is 2.23. The van der Waals surface area contributed by atoms with Gasteiger partial charge in [0.05, 0.1) is 18.8 Å². The summed E-state index contributed by atoms with van der Waals surface area (Å²) in [4.78, 5) is 22.4. The van der Waals surface area contributed by atoms with Gasteiger partial charge in [-0.1, -0.05) is 193 Å². The molecule has 1 unspecified atom stereocenters. The topological polar surface area (TPSA) is 104 Å². The summed E-state index contributed by atoms with van der Waals surface area (Å²) in [5, 5.41) is 27.0. The van der Waals surface area contributed by atoms with Crippen molar-refractivity contribution < 1.29 is 29.6 Å². The molecular formula is C41H76O6. The van der Waals surface area contributed by atoms with Crippen molar-refractivity contribution in [2.24, 2.45) is 0 Å². The Bertz CT molecular complexity index is 610. The lowest BCUT2D eigenvalue weighted by atomic mass is 9.99. The highest BCUT2D eigenvalue weighted by atomic mass is 16.5. The number of carbonyl (C=O) groups is 2. The minimum atomic E-state index is -1.28. The van der Waals surface area contributed by atoms with Crippen LogP contribution in [0.15, 0.2) is 11.1 Å². The van der Waals surface area contributed by atoms with Gasteiger partial charge in [0.25, 0.3) is 0 Å². The van der Waals surface area contributed by atoms with Gasteiger partial charge in [0, 0.05) is 6.42 Å². The summed E-state index contributed by atoms with van der Waals surface area (Å²) < 4.78 is 5.02. The molecular weight excluding hydrogens is 588 g/mol. The molecule has 0 spiro atoms. The number of carbonyl (C=O) groups excluding carboxylic acids is 1. The van der Waals surface area contributed by atoms with Gasteiger partial charge in [0.15, 0.2) is 0 Å². The SMILES string of the molecule is C1CCCCCCCCC1.C1CCCCCCCCC1.C1CCCCCCCCC1.O=C1CCCCC(C(C(=O)O)=C(CO)CO)O1. The van der Waals surface area contributed by atoms with Crippen LogP contribution in [0.3, 0.4) is 0 Å². The molecule has 0 radical (unpaired) electrons. The van der Waals surface area contributed by atoms with E-state index < -0.39 is 31.3 Å². The Labute approximate surface area is 289 Å². The molecule has 0 amide bonds. The Balaban J connectivity index is 0.000000324. The van der Waals surface area contributed by atoms with Gasteiger partial charge in [-0.15, -0.1) is 0 Å². The molecule has 1 heterocycles. The average Bonchev–Trinajstić information content (AvgIpc) is 3.32. The highest BCUT2D eigenvalue weighted by molar-refractivity contribution is 5.89. The van der Waals surface area contributed by atoms with Crippen LogP contribution in [0.4, 0.5) is 0 Å². The molecule has 276 valence electrons. The smallest absolute Gasteiger partial charge is 0.335 e. The molecule has 47 heavy (non-hydrogen) atoms. The van der Waals surface area contributed by atoms with Crippen molar-refractivity contribution in [1.29, 1.82) is 0 Å². The number of hydrogen-bond acceptors (Lipinski definition) is 5. The first-order chi connectivity index (χ1) is 23.1. The molecule has 6 heteroatoms. The molecule has 0 aromatic carbocycles. The van der Waals surface area contributed by atoms with Gasteiger partial charge in [0.2, 0.25) is 0 Å². The maximum atomic E-state index is 11.3. The van der Waals surface area contributed by atoms with Crippen molar-refractivity contribution in [1.82, 2.24) is 0 Å². The van der Waals surface area contributed by atoms with Crippen LogP contribution in [0.25, 0.3) is 0 Å². The van der Waals surface area contributed by atoms with Gasteiger partial charge < -0.3 is 20.1 Å². The van der Waals surface area contributed by atoms with Crippen LogP contribution in [-0.4, -0.2) is 46.6 Å². The van der Waals surface area contributed by atoms with E-state index in [1.165, 1.54) is 193 Å². The van der Waals surface area contributed by atoms with Gasteiger partial charge in [-0.2, -0.15) is 0 Å². The van der Waals surface area contributed by atoms with Crippen molar-refractivity contribution >= 4 is 11.9 Å². The summed E-state index contributed by atoms with van der Waals surface area (Å²) in [7, 11) is 0. The van der Waals surface area contributed by atoms with E-state index in [1.807, 2.05) is 0 Å². The highest BCUT2D eigenvalue weighted by Gasteiger charge is 2.29. The number of aliphatic hydroxyl groups excluding tert-OH is 2. The molecule has 1 saturated heterocycles. The molecule has 0 aromatic rings. The maximum absolute atomic E-state index is 11.3. The average molecular weight is 665 g/mol. The van der Waals surface area contributed by atoms with Gasteiger partial charge in [-0.3, -0.25) is 4.79 Å². The maximum Gasteiger partial charge on any atom is 0.335 e. The molecule has 3 N–H and O–H groups in total. The fourth-order valence-electron chi connectivity index (χ4n) is 7.12. The minimum absolute atomic E-state index is 0.0165. The first-order valence-corrected chi connectivity index (χ1v) is 20.5. The number of aliphatic carboxylic acids is 1. The first-order valence-electron chi connectivity index (χ1n) is 20.5. The van der Waals surface area contributed by atoms with E-state index in [0.717, 1.165) is 0 Å². The predicted octanol–water partition coefficient (Wildman–Crippen LogP) is 11.5. The van der Waals surface area contributed by atoms with Gasteiger partial charge >= 0.3 is 11.9 Å². The quantitative estimate of drug-likeness (QED) is 0.204. The number of ether oxygens (including phenoxy) is 1. The van der Waals surface area contributed by atoms with Crippen LogP contribution in [0.1, 0.15) is 218 Å². The lowest BCUT2D eigenvalue weighted by molar-refractivity contribution is -0.147. The number of rotatable bonds is 4. The number of hydrogen-bond donors (Lipinski definition) is 3. The Morgan fingerprint density at radius 1 is 0.468 bits per heavy atom. The van der Waals surface area contributed by atoms with E-state index in [1.54, 1.807) is 0 Å². The molecule has 3 aliphatic carbocycles. The summed E-state index contributed by atoms with van der Waals surface area (Å²) in [6, 6.07) is 0. The largest absolute Gasteiger partial charge is 0.478 e. The minimum Gasteiger partial charge on any atom is -0.478 e. The summed E-state index contributed by atoms with van der Waals surface area (Å²) in [6.45, 7) is -1.13. The third-order valence-electron chi connectivity index (χ3n) is 10.2. The van der Waals surface area contributed by atoms with Crippen LogP contribution in [0.2, 0.25) is 0 Å². The second-order valence-electron chi connectivity index (χ2n) is 14.5. The number of cyclic esters (lactones) is 1. The molecule has 4 fully saturated rings. The summed E-state index contributed by atoms with van der Waals surface area (Å²) in [5.74, 6) is -1.72. The summed E-state index contributed by atoms with van der Waals surface area (Å²) >= 11 is 0. The zero-order chi connectivity index (χ0) is 34.0. The van der Waals surface area contributed by atoms with Crippen molar-refractivity contribution in [2.45, 2.75) is 224 Å². The zero-order valence-corrected chi connectivity index (χ0v) is 30.6. The summed E-state index contributed by atoms with van der Waals surface area (Å²) in [5.41, 5.74) is -0.220. The van der Waals surface area contributed by atoms with Crippen LogP contribution < -0.4 is 0 Å². The van der Waals surface area contributed by atoms with Crippen molar-refractivity contribution in [2.75, 3.05) is 13.2 Å². The van der Waals surface area contributed by atoms with Crippen molar-refractivity contribution in [3.63, 3.8) is 0 Å². The van der Waals surface area contributed by atoms with E-state index in [4.69, 9.17) is 20.1 Å². The van der Waals surface area contributed by atoms with Crippen LogP contribution in [0, 0.1) is 0 Å². The normalized spacial score (nSPS) is 22.7. The van der Waals surface area contributed by atoms with E-state index in [2.05, 4.69) is 0 Å². The standard InChI is InChI=1S/C11H16O6.3C10H20/c12-5-7(6-13)10(11(15)16)8-3-1-2-4-9(14)17-8;3*1-2-4-6-8-10-9-7-5-3-1/h8,12-13H,1-6H2,(H,15,16);3*1-10H2. The van der Waals surface area contributed by atoms with Crippen LogP contribution in [0.5, 0.6) is 0 Å². The third-order valence-corrected chi connectivity index (χ3v) is 10.2. The lowest BCUT2D eigenvalue weighted by Crippen LogP contribution is -2.26. The zero-order valence-electron chi connectivity index (χ0n) is 30.6. The number of aliphatic hydroxyl groups is 2. The predicted molar refractivity (Wildman–Crippen MR) is 196 cm³/mol. The van der Waals surface area contributed by atoms with E-state index in [0.29, 0.717) is 19.3 Å². The molecule has 1 aliphatic heterocycles. The molecule has 1 atom stereocenters. The second-order valence-corrected chi connectivity index (χ2v) is 14.5. The van der Waals surface area contributed by atoms with Crippen molar-refractivity contribution in [3.05, 3.63) is 11.1 Å². The van der Waals surface area contributed by atoms with Gasteiger partial charge in [-0.05, 0) is 24.8 Å². The molecule has 0 bridgehead atoms. The second kappa shape index (κ2) is 33.1. The monoisotopic (exact) mass is 665 g/mol. The van der Waals surface area contributed by atoms with E-state index in [9.17, 15) is 9.59 Å². The molecule has 6 nitrogen and oxygen atoms in total. The fourth-order valence-corrected chi connectivity index (χ4v) is 7.12. The number of carboxylic acid groups (broad SMARTS) is 1. The fraction of sp³-hybridized carbons (Fsp3) is 0.902. The van der Waals surface area contributed by atoms with Gasteiger partial charge in [-0.25, -0.2) is 4.79 Å². The Morgan fingerprint density at radius 3 is 0.936 bits per heavy atom. The third kappa shape index (κ3) is 26.2. The molecule has 4 aliphatic rings. The Hall–Kier alpha value is -1.40. The number of carboxylic acids is 1. The Kier molecular flexibility index (Phi) is 30.7. The first kappa shape index (κ1) is 43.6. The van der Waals surface area contributed by atoms with Crippen LogP contribution in [-0.2, 0) is 14.3 Å². The molecule has 3 saturated carbocycles. The lowest BCUT2D eigenvalue weighted by Gasteiger charge is -2.18. The molecule has 4 rings (SSSR count). The Morgan fingerprint density at radius 2 is 0.723 bits per heavy atom. The van der Waals surface area contributed by atoms with Crippen molar-refractivity contribution in [3.8, 4) is 0 Å². The number of esters is 1. The summed E-state index contributed by atoms with van der Waals surface area (Å²) in [6.07, 6.45) is 46.1. The molecule has 0 aromatic heterocycles.